The van der Waals surface area contributed by atoms with Crippen molar-refractivity contribution in [1.29, 1.82) is 0 Å². The van der Waals surface area contributed by atoms with Crippen LogP contribution >= 0.6 is 0 Å². The van der Waals surface area contributed by atoms with Crippen LogP contribution in [0.2, 0.25) is 0 Å². The molecule has 0 heterocycles. The standard InChI is InChI=1S/C14H26O2/c1-4-13(2)11-9-7-5-6-8-10-12-16-14(3)15/h4,13H,1,5-12H2,2-3H3. The highest BCUT2D eigenvalue weighted by molar-refractivity contribution is 5.65. The average molecular weight is 226 g/mol. The lowest BCUT2D eigenvalue weighted by Gasteiger charge is -2.05. The van der Waals surface area contributed by atoms with Crippen molar-refractivity contribution < 1.29 is 9.53 Å². The van der Waals surface area contributed by atoms with Gasteiger partial charge in [-0.2, -0.15) is 0 Å². The van der Waals surface area contributed by atoms with E-state index in [0.29, 0.717) is 12.5 Å². The molecule has 94 valence electrons. The summed E-state index contributed by atoms with van der Waals surface area (Å²) in [5.41, 5.74) is 0. The van der Waals surface area contributed by atoms with Crippen molar-refractivity contribution in [1.82, 2.24) is 0 Å². The summed E-state index contributed by atoms with van der Waals surface area (Å²) in [4.78, 5) is 10.5. The molecule has 0 aliphatic carbocycles. The normalized spacial score (nSPS) is 12.1. The highest BCUT2D eigenvalue weighted by Crippen LogP contribution is 2.12. The first kappa shape index (κ1) is 15.2. The second-order valence-corrected chi connectivity index (χ2v) is 4.46. The average Bonchev–Trinajstić information content (AvgIpc) is 2.26. The molecule has 0 radical (unpaired) electrons. The molecule has 0 fully saturated rings. The molecular weight excluding hydrogens is 200 g/mol. The van der Waals surface area contributed by atoms with Crippen LogP contribution in [0.5, 0.6) is 0 Å². The first-order valence-electron chi connectivity index (χ1n) is 6.42. The highest BCUT2D eigenvalue weighted by Gasteiger charge is 1.97. The van der Waals surface area contributed by atoms with E-state index < -0.39 is 0 Å². The zero-order chi connectivity index (χ0) is 12.2. The molecule has 0 amide bonds. The summed E-state index contributed by atoms with van der Waals surface area (Å²) in [5, 5.41) is 0. The SMILES string of the molecule is C=CC(C)CCCCCCCCOC(C)=O. The Labute approximate surface area is 100 Å². The van der Waals surface area contributed by atoms with E-state index in [1.54, 1.807) is 0 Å². The molecule has 0 aromatic heterocycles. The van der Waals surface area contributed by atoms with E-state index in [2.05, 4.69) is 13.5 Å². The smallest absolute Gasteiger partial charge is 0.302 e. The topological polar surface area (TPSA) is 26.3 Å². The van der Waals surface area contributed by atoms with Gasteiger partial charge in [0, 0.05) is 6.92 Å². The van der Waals surface area contributed by atoms with Gasteiger partial charge in [0.15, 0.2) is 0 Å². The van der Waals surface area contributed by atoms with Crippen molar-refractivity contribution in [2.24, 2.45) is 5.92 Å². The van der Waals surface area contributed by atoms with Gasteiger partial charge in [-0.3, -0.25) is 4.79 Å². The molecule has 16 heavy (non-hydrogen) atoms. The van der Waals surface area contributed by atoms with Crippen LogP contribution < -0.4 is 0 Å². The largest absolute Gasteiger partial charge is 0.466 e. The van der Waals surface area contributed by atoms with Crippen LogP contribution in [0.3, 0.4) is 0 Å². The Bertz CT molecular complexity index is 187. The van der Waals surface area contributed by atoms with E-state index in [1.165, 1.54) is 45.4 Å². The molecule has 0 aliphatic rings. The number of ether oxygens (including phenoxy) is 1. The molecule has 0 saturated carbocycles. The Morgan fingerprint density at radius 2 is 1.75 bits per heavy atom. The van der Waals surface area contributed by atoms with E-state index in [-0.39, 0.29) is 5.97 Å². The van der Waals surface area contributed by atoms with E-state index >= 15 is 0 Å². The number of rotatable bonds is 10. The summed E-state index contributed by atoms with van der Waals surface area (Å²) in [6.07, 6.45) is 10.6. The number of esters is 1. The van der Waals surface area contributed by atoms with Crippen LogP contribution in [0.25, 0.3) is 0 Å². The predicted molar refractivity (Wildman–Crippen MR) is 68.3 cm³/mol. The van der Waals surface area contributed by atoms with Gasteiger partial charge in [0.1, 0.15) is 0 Å². The molecule has 0 saturated heterocycles. The minimum atomic E-state index is -0.168. The summed E-state index contributed by atoms with van der Waals surface area (Å²) in [6, 6.07) is 0. The second kappa shape index (κ2) is 10.7. The molecule has 0 aromatic carbocycles. The zero-order valence-electron chi connectivity index (χ0n) is 10.8. The number of hydrogen-bond donors (Lipinski definition) is 0. The van der Waals surface area contributed by atoms with Crippen LogP contribution in [-0.4, -0.2) is 12.6 Å². The molecule has 1 unspecified atom stereocenters. The van der Waals surface area contributed by atoms with Crippen LogP contribution in [0.1, 0.15) is 58.8 Å². The molecule has 2 nitrogen and oxygen atoms in total. The van der Waals surface area contributed by atoms with Crippen molar-refractivity contribution in [3.05, 3.63) is 12.7 Å². The summed E-state index contributed by atoms with van der Waals surface area (Å²) in [5.74, 6) is 0.488. The Morgan fingerprint density at radius 3 is 2.31 bits per heavy atom. The van der Waals surface area contributed by atoms with Gasteiger partial charge in [-0.25, -0.2) is 0 Å². The van der Waals surface area contributed by atoms with Crippen molar-refractivity contribution in [2.45, 2.75) is 58.8 Å². The monoisotopic (exact) mass is 226 g/mol. The van der Waals surface area contributed by atoms with E-state index in [0.717, 1.165) is 6.42 Å². The van der Waals surface area contributed by atoms with Crippen LogP contribution in [-0.2, 0) is 9.53 Å². The molecule has 0 rings (SSSR count). The van der Waals surface area contributed by atoms with Crippen LogP contribution in [0.4, 0.5) is 0 Å². The van der Waals surface area contributed by atoms with Crippen molar-refractivity contribution in [2.75, 3.05) is 6.61 Å². The molecule has 0 spiro atoms. The van der Waals surface area contributed by atoms with Gasteiger partial charge >= 0.3 is 5.97 Å². The summed E-state index contributed by atoms with van der Waals surface area (Å²) < 4.78 is 4.87. The van der Waals surface area contributed by atoms with Crippen LogP contribution in [0, 0.1) is 5.92 Å². The Kier molecular flexibility index (Phi) is 10.2. The molecule has 2 heteroatoms. The van der Waals surface area contributed by atoms with E-state index in [9.17, 15) is 4.79 Å². The zero-order valence-corrected chi connectivity index (χ0v) is 10.8. The fraction of sp³-hybridized carbons (Fsp3) is 0.786. The number of hydrogen-bond acceptors (Lipinski definition) is 2. The summed E-state index contributed by atoms with van der Waals surface area (Å²) in [7, 11) is 0. The van der Waals surface area contributed by atoms with Gasteiger partial charge in [0.05, 0.1) is 6.61 Å². The minimum absolute atomic E-state index is 0.168. The van der Waals surface area contributed by atoms with E-state index in [4.69, 9.17) is 4.74 Å². The van der Waals surface area contributed by atoms with Gasteiger partial charge in [-0.1, -0.05) is 45.1 Å². The van der Waals surface area contributed by atoms with Crippen molar-refractivity contribution in [3.8, 4) is 0 Å². The lowest BCUT2D eigenvalue weighted by molar-refractivity contribution is -0.141. The molecule has 0 aliphatic heterocycles. The maximum atomic E-state index is 10.5. The fourth-order valence-corrected chi connectivity index (χ4v) is 1.61. The molecule has 0 aromatic rings. The van der Waals surface area contributed by atoms with Gasteiger partial charge < -0.3 is 4.74 Å². The van der Waals surface area contributed by atoms with Gasteiger partial charge in [0.2, 0.25) is 0 Å². The predicted octanol–water partition coefficient (Wildman–Crippen LogP) is 4.10. The summed E-state index contributed by atoms with van der Waals surface area (Å²) >= 11 is 0. The maximum absolute atomic E-state index is 10.5. The van der Waals surface area contributed by atoms with Crippen molar-refractivity contribution >= 4 is 5.97 Å². The third kappa shape index (κ3) is 11.3. The first-order chi connectivity index (χ1) is 7.66. The Balaban J connectivity index is 3.04. The quantitative estimate of drug-likeness (QED) is 0.318. The molecule has 1 atom stereocenters. The number of carbonyl (C=O) groups is 1. The highest BCUT2D eigenvalue weighted by atomic mass is 16.5. The molecule has 0 bridgehead atoms. The van der Waals surface area contributed by atoms with Gasteiger partial charge in [-0.05, 0) is 18.8 Å². The molecular formula is C14H26O2. The fourth-order valence-electron chi connectivity index (χ4n) is 1.61. The van der Waals surface area contributed by atoms with E-state index in [1.807, 2.05) is 6.08 Å². The Morgan fingerprint density at radius 1 is 1.19 bits per heavy atom. The lowest BCUT2D eigenvalue weighted by Crippen LogP contribution is -2.00. The third-order valence-corrected chi connectivity index (χ3v) is 2.76. The third-order valence-electron chi connectivity index (χ3n) is 2.76. The number of carbonyl (C=O) groups excluding carboxylic acids is 1. The van der Waals surface area contributed by atoms with Gasteiger partial charge in [-0.15, -0.1) is 6.58 Å². The minimum Gasteiger partial charge on any atom is -0.466 e. The maximum Gasteiger partial charge on any atom is 0.302 e. The van der Waals surface area contributed by atoms with Gasteiger partial charge in [0.25, 0.3) is 0 Å². The van der Waals surface area contributed by atoms with Crippen LogP contribution in [0.15, 0.2) is 12.7 Å². The summed E-state index contributed by atoms with van der Waals surface area (Å²) in [6.45, 7) is 8.04. The lowest BCUT2D eigenvalue weighted by atomic mass is 10.0. The number of allylic oxidation sites excluding steroid dienone is 1. The second-order valence-electron chi connectivity index (χ2n) is 4.46. The first-order valence-corrected chi connectivity index (χ1v) is 6.42. The number of unbranched alkanes of at least 4 members (excludes halogenated alkanes) is 5. The Hall–Kier alpha value is -0.790. The molecule has 0 N–H and O–H groups in total. The van der Waals surface area contributed by atoms with Crippen molar-refractivity contribution in [3.63, 3.8) is 0 Å².